The molecular formula is C21H16ClNOS. The topological polar surface area (TPSA) is 26.0 Å². The van der Waals surface area contributed by atoms with E-state index in [2.05, 4.69) is 29.2 Å². The maximum absolute atomic E-state index is 6.87. The molecule has 0 saturated heterocycles. The van der Waals surface area contributed by atoms with Crippen molar-refractivity contribution in [2.75, 3.05) is 0 Å². The Morgan fingerprint density at radius 3 is 2.04 bits per heavy atom. The van der Waals surface area contributed by atoms with E-state index in [0.29, 0.717) is 5.22 Å². The van der Waals surface area contributed by atoms with Crippen molar-refractivity contribution < 1.29 is 4.42 Å². The number of alkyl halides is 1. The minimum Gasteiger partial charge on any atom is -0.431 e. The van der Waals surface area contributed by atoms with Crippen molar-refractivity contribution in [3.05, 3.63) is 96.1 Å². The van der Waals surface area contributed by atoms with Crippen molar-refractivity contribution in [1.29, 1.82) is 0 Å². The summed E-state index contributed by atoms with van der Waals surface area (Å²) in [6, 6.07) is 28.2. The number of oxazole rings is 1. The Morgan fingerprint density at radius 1 is 0.760 bits per heavy atom. The van der Waals surface area contributed by atoms with E-state index in [1.165, 1.54) is 0 Å². The van der Waals surface area contributed by atoms with Crippen molar-refractivity contribution in [2.24, 2.45) is 0 Å². The van der Waals surface area contributed by atoms with Crippen molar-refractivity contribution in [3.8, 4) is 0 Å². The first kappa shape index (κ1) is 16.2. The summed E-state index contributed by atoms with van der Waals surface area (Å²) in [6.45, 7) is 0. The molecule has 25 heavy (non-hydrogen) atoms. The zero-order valence-corrected chi connectivity index (χ0v) is 15.0. The highest BCUT2D eigenvalue weighted by Crippen LogP contribution is 2.47. The van der Waals surface area contributed by atoms with Gasteiger partial charge in [-0.25, -0.2) is 4.98 Å². The van der Waals surface area contributed by atoms with Crippen LogP contribution in [0.4, 0.5) is 0 Å². The number of halogens is 1. The Morgan fingerprint density at radius 2 is 1.36 bits per heavy atom. The van der Waals surface area contributed by atoms with Gasteiger partial charge in [-0.3, -0.25) is 0 Å². The standard InChI is InChI=1S/C21H16ClNOS/c22-19(15-9-3-1-4-10-15)20(16-11-5-2-6-12-16)25-21-23-17-13-7-8-14-18(17)24-21/h1-14,19-20H/t19-,20-/m1/s1. The molecule has 0 aliphatic heterocycles. The Balaban J connectivity index is 1.70. The molecule has 0 radical (unpaired) electrons. The second kappa shape index (κ2) is 7.34. The molecule has 4 heteroatoms. The highest BCUT2D eigenvalue weighted by atomic mass is 35.5. The third kappa shape index (κ3) is 3.58. The summed E-state index contributed by atoms with van der Waals surface area (Å²) in [6.07, 6.45) is 0. The number of fused-ring (bicyclic) bond motifs is 1. The first-order chi connectivity index (χ1) is 12.3. The van der Waals surface area contributed by atoms with Gasteiger partial charge in [0.15, 0.2) is 5.58 Å². The fourth-order valence-corrected chi connectivity index (χ4v) is 4.28. The van der Waals surface area contributed by atoms with Crippen LogP contribution in [0.1, 0.15) is 21.8 Å². The molecule has 0 aliphatic carbocycles. The monoisotopic (exact) mass is 365 g/mol. The van der Waals surface area contributed by atoms with Crippen LogP contribution in [0.2, 0.25) is 0 Å². The molecule has 0 N–H and O–H groups in total. The molecule has 4 aromatic rings. The lowest BCUT2D eigenvalue weighted by molar-refractivity contribution is 0.488. The lowest BCUT2D eigenvalue weighted by atomic mass is 10.0. The first-order valence-corrected chi connectivity index (χ1v) is 9.39. The summed E-state index contributed by atoms with van der Waals surface area (Å²) in [7, 11) is 0. The SMILES string of the molecule is Cl[C@H](c1ccccc1)[C@H](Sc1nc2ccccc2o1)c1ccccc1. The van der Waals surface area contributed by atoms with Crippen LogP contribution >= 0.6 is 23.4 Å². The van der Waals surface area contributed by atoms with Crippen molar-refractivity contribution in [1.82, 2.24) is 4.98 Å². The quantitative estimate of drug-likeness (QED) is 0.293. The summed E-state index contributed by atoms with van der Waals surface area (Å²) in [5.74, 6) is 0. The minimum atomic E-state index is -0.191. The zero-order valence-electron chi connectivity index (χ0n) is 13.4. The largest absolute Gasteiger partial charge is 0.431 e. The van der Waals surface area contributed by atoms with Crippen molar-refractivity contribution in [3.63, 3.8) is 0 Å². The van der Waals surface area contributed by atoms with E-state index in [9.17, 15) is 0 Å². The number of hydrogen-bond donors (Lipinski definition) is 0. The smallest absolute Gasteiger partial charge is 0.257 e. The Hall–Kier alpha value is -2.23. The summed E-state index contributed by atoms with van der Waals surface area (Å²) >= 11 is 8.43. The molecule has 1 aromatic heterocycles. The maximum atomic E-state index is 6.87. The predicted octanol–water partition coefficient (Wildman–Crippen LogP) is 6.64. The van der Waals surface area contributed by atoms with E-state index in [-0.39, 0.29) is 10.6 Å². The normalized spacial score (nSPS) is 13.6. The fourth-order valence-electron chi connectivity index (χ4n) is 2.76. The maximum Gasteiger partial charge on any atom is 0.257 e. The molecule has 4 rings (SSSR count). The van der Waals surface area contributed by atoms with Crippen LogP contribution in [0.15, 0.2) is 94.6 Å². The average Bonchev–Trinajstić information content (AvgIpc) is 3.09. The molecule has 0 spiro atoms. The van der Waals surface area contributed by atoms with Crippen molar-refractivity contribution >= 4 is 34.5 Å². The molecule has 0 bridgehead atoms. The number of thioether (sulfide) groups is 1. The minimum absolute atomic E-state index is 0.00155. The number of aromatic nitrogens is 1. The average molecular weight is 366 g/mol. The molecule has 0 amide bonds. The van der Waals surface area contributed by atoms with E-state index in [1.807, 2.05) is 60.7 Å². The molecule has 2 nitrogen and oxygen atoms in total. The van der Waals surface area contributed by atoms with Gasteiger partial charge >= 0.3 is 0 Å². The third-order valence-corrected chi connectivity index (χ3v) is 5.84. The molecule has 2 atom stereocenters. The van der Waals surface area contributed by atoms with Gasteiger partial charge in [-0.15, -0.1) is 11.6 Å². The first-order valence-electron chi connectivity index (χ1n) is 8.07. The Bertz CT molecular complexity index is 922. The van der Waals surface area contributed by atoms with Crippen LogP contribution in [0, 0.1) is 0 Å². The molecule has 1 heterocycles. The van der Waals surface area contributed by atoms with Crippen LogP contribution in [0.3, 0.4) is 0 Å². The van der Waals surface area contributed by atoms with E-state index >= 15 is 0 Å². The molecule has 0 saturated carbocycles. The third-order valence-electron chi connectivity index (χ3n) is 4.01. The second-order valence-corrected chi connectivity index (χ2v) is 7.27. The number of nitrogens with zero attached hydrogens (tertiary/aromatic N) is 1. The Kier molecular flexibility index (Phi) is 4.77. The zero-order chi connectivity index (χ0) is 17.1. The molecule has 0 fully saturated rings. The predicted molar refractivity (Wildman–Crippen MR) is 104 cm³/mol. The number of rotatable bonds is 5. The summed E-state index contributed by atoms with van der Waals surface area (Å²) in [5, 5.41) is 0.443. The highest BCUT2D eigenvalue weighted by Gasteiger charge is 2.26. The second-order valence-electron chi connectivity index (χ2n) is 5.71. The number of benzene rings is 3. The fraction of sp³-hybridized carbons (Fsp3) is 0.0952. The van der Waals surface area contributed by atoms with Gasteiger partial charge < -0.3 is 4.42 Å². The van der Waals surface area contributed by atoms with Crippen LogP contribution in [-0.4, -0.2) is 4.98 Å². The van der Waals surface area contributed by atoms with Crippen LogP contribution < -0.4 is 0 Å². The lowest BCUT2D eigenvalue weighted by Gasteiger charge is -2.21. The van der Waals surface area contributed by atoms with Crippen LogP contribution in [0.5, 0.6) is 0 Å². The van der Waals surface area contributed by atoms with Crippen LogP contribution in [0.25, 0.3) is 11.1 Å². The molecule has 0 aliphatic rings. The van der Waals surface area contributed by atoms with Gasteiger partial charge in [0.1, 0.15) is 5.52 Å². The Labute approximate surface area is 155 Å². The van der Waals surface area contributed by atoms with Gasteiger partial charge in [-0.1, -0.05) is 84.6 Å². The summed E-state index contributed by atoms with van der Waals surface area (Å²) in [4.78, 5) is 4.59. The summed E-state index contributed by atoms with van der Waals surface area (Å²) < 4.78 is 5.90. The van der Waals surface area contributed by atoms with E-state index < -0.39 is 0 Å². The number of para-hydroxylation sites is 2. The molecule has 0 unspecified atom stereocenters. The van der Waals surface area contributed by atoms with E-state index in [0.717, 1.165) is 22.2 Å². The van der Waals surface area contributed by atoms with Gasteiger partial charge in [0, 0.05) is 0 Å². The molecule has 3 aromatic carbocycles. The van der Waals surface area contributed by atoms with Gasteiger partial charge in [-0.2, -0.15) is 0 Å². The highest BCUT2D eigenvalue weighted by molar-refractivity contribution is 7.99. The van der Waals surface area contributed by atoms with Gasteiger partial charge in [0.25, 0.3) is 5.22 Å². The lowest BCUT2D eigenvalue weighted by Crippen LogP contribution is -2.03. The van der Waals surface area contributed by atoms with Crippen LogP contribution in [-0.2, 0) is 0 Å². The van der Waals surface area contributed by atoms with E-state index in [4.69, 9.17) is 16.0 Å². The van der Waals surface area contributed by atoms with Gasteiger partial charge in [0.05, 0.1) is 10.6 Å². The number of hydrogen-bond acceptors (Lipinski definition) is 3. The van der Waals surface area contributed by atoms with Gasteiger partial charge in [0.2, 0.25) is 0 Å². The van der Waals surface area contributed by atoms with E-state index in [1.54, 1.807) is 11.8 Å². The summed E-state index contributed by atoms with van der Waals surface area (Å²) in [5.41, 5.74) is 3.89. The molecular weight excluding hydrogens is 350 g/mol. The van der Waals surface area contributed by atoms with Crippen molar-refractivity contribution in [2.45, 2.75) is 15.8 Å². The molecule has 124 valence electrons. The van der Waals surface area contributed by atoms with Gasteiger partial charge in [-0.05, 0) is 23.3 Å².